The quantitative estimate of drug-likeness (QED) is 0.697. The highest BCUT2D eigenvalue weighted by Gasteiger charge is 2.21. The summed E-state index contributed by atoms with van der Waals surface area (Å²) >= 11 is 4.87. The molecule has 0 unspecified atom stereocenters. The first-order valence-corrected chi connectivity index (χ1v) is 11.8. The summed E-state index contributed by atoms with van der Waals surface area (Å²) in [5, 5.41) is 2.92. The SMILES string of the molecule is O=C(CCNS(=O)(=O)c1ccc(Br)cc1)N1CCCN(c2nccs2)CC1. The van der Waals surface area contributed by atoms with Gasteiger partial charge in [-0.1, -0.05) is 15.9 Å². The normalized spacial score (nSPS) is 15.6. The third-order valence-corrected chi connectivity index (χ3v) is 7.13. The predicted molar refractivity (Wildman–Crippen MR) is 109 cm³/mol. The van der Waals surface area contributed by atoms with Crippen LogP contribution in [0.1, 0.15) is 12.8 Å². The van der Waals surface area contributed by atoms with E-state index < -0.39 is 10.0 Å². The van der Waals surface area contributed by atoms with Crippen molar-refractivity contribution in [2.75, 3.05) is 37.6 Å². The van der Waals surface area contributed by atoms with Crippen LogP contribution in [0.3, 0.4) is 0 Å². The number of hydrogen-bond acceptors (Lipinski definition) is 6. The molecule has 0 saturated carbocycles. The zero-order valence-electron chi connectivity index (χ0n) is 14.7. The number of aromatic nitrogens is 1. The molecular formula is C17H21BrN4O3S2. The fourth-order valence-corrected chi connectivity index (χ4v) is 4.87. The molecule has 2 aromatic rings. The molecule has 2 heterocycles. The van der Waals surface area contributed by atoms with Gasteiger partial charge in [0, 0.05) is 55.2 Å². The Balaban J connectivity index is 1.48. The molecule has 146 valence electrons. The highest BCUT2D eigenvalue weighted by molar-refractivity contribution is 9.10. The summed E-state index contributed by atoms with van der Waals surface area (Å²) in [6.45, 7) is 3.00. The number of anilines is 1. The van der Waals surface area contributed by atoms with Crippen LogP contribution in [0.4, 0.5) is 5.13 Å². The summed E-state index contributed by atoms with van der Waals surface area (Å²) in [4.78, 5) is 21.0. The van der Waals surface area contributed by atoms with Gasteiger partial charge in [-0.3, -0.25) is 4.79 Å². The lowest BCUT2D eigenvalue weighted by atomic mass is 10.3. The fraction of sp³-hybridized carbons (Fsp3) is 0.412. The number of nitrogens with zero attached hydrogens (tertiary/aromatic N) is 3. The van der Waals surface area contributed by atoms with Gasteiger partial charge in [0.15, 0.2) is 5.13 Å². The van der Waals surface area contributed by atoms with Crippen molar-refractivity contribution < 1.29 is 13.2 Å². The first kappa shape index (κ1) is 20.2. The first-order chi connectivity index (χ1) is 13.0. The van der Waals surface area contributed by atoms with E-state index in [4.69, 9.17) is 0 Å². The molecule has 1 aromatic heterocycles. The molecule has 10 heteroatoms. The summed E-state index contributed by atoms with van der Waals surface area (Å²) in [6, 6.07) is 6.39. The van der Waals surface area contributed by atoms with Crippen molar-refractivity contribution in [2.24, 2.45) is 0 Å². The Hall–Kier alpha value is -1.49. The van der Waals surface area contributed by atoms with E-state index in [2.05, 4.69) is 30.5 Å². The second-order valence-corrected chi connectivity index (χ2v) is 9.69. The average Bonchev–Trinajstić information content (AvgIpc) is 3.06. The van der Waals surface area contributed by atoms with Crippen LogP contribution in [-0.2, 0) is 14.8 Å². The van der Waals surface area contributed by atoms with Gasteiger partial charge in [-0.15, -0.1) is 11.3 Å². The number of amides is 1. The van der Waals surface area contributed by atoms with E-state index in [1.54, 1.807) is 29.7 Å². The van der Waals surface area contributed by atoms with Crippen LogP contribution < -0.4 is 9.62 Å². The summed E-state index contributed by atoms with van der Waals surface area (Å²) in [7, 11) is -3.61. The first-order valence-electron chi connectivity index (χ1n) is 8.63. The van der Waals surface area contributed by atoms with E-state index >= 15 is 0 Å². The largest absolute Gasteiger partial charge is 0.346 e. The molecule has 0 aliphatic carbocycles. The average molecular weight is 473 g/mol. The van der Waals surface area contributed by atoms with E-state index in [1.807, 2.05) is 10.3 Å². The van der Waals surface area contributed by atoms with Crippen molar-refractivity contribution in [2.45, 2.75) is 17.7 Å². The van der Waals surface area contributed by atoms with E-state index in [-0.39, 0.29) is 23.8 Å². The van der Waals surface area contributed by atoms with E-state index in [0.717, 1.165) is 29.1 Å². The molecule has 1 aromatic carbocycles. The standard InChI is InChI=1S/C17H21BrN4O3S2/c18-14-2-4-15(5-3-14)27(24,25)20-7-6-16(23)21-9-1-10-22(12-11-21)17-19-8-13-26-17/h2-5,8,13,20H,1,6-7,9-12H2. The fourth-order valence-electron chi connectivity index (χ4n) is 2.88. The molecule has 3 rings (SSSR count). The Morgan fingerprint density at radius 2 is 1.96 bits per heavy atom. The van der Waals surface area contributed by atoms with Crippen LogP contribution in [0, 0.1) is 0 Å². The number of nitrogens with one attached hydrogen (secondary N) is 1. The minimum Gasteiger partial charge on any atom is -0.346 e. The molecule has 1 N–H and O–H groups in total. The number of hydrogen-bond donors (Lipinski definition) is 1. The second-order valence-electron chi connectivity index (χ2n) is 6.14. The molecule has 1 fully saturated rings. The van der Waals surface area contributed by atoms with Crippen molar-refractivity contribution in [3.63, 3.8) is 0 Å². The number of benzene rings is 1. The van der Waals surface area contributed by atoms with Crippen molar-refractivity contribution in [3.8, 4) is 0 Å². The third kappa shape index (κ3) is 5.50. The molecule has 0 atom stereocenters. The smallest absolute Gasteiger partial charge is 0.240 e. The van der Waals surface area contributed by atoms with E-state index in [0.29, 0.717) is 13.1 Å². The topological polar surface area (TPSA) is 82.6 Å². The van der Waals surface area contributed by atoms with Gasteiger partial charge in [0.2, 0.25) is 15.9 Å². The van der Waals surface area contributed by atoms with Gasteiger partial charge in [-0.05, 0) is 30.7 Å². The van der Waals surface area contributed by atoms with Gasteiger partial charge in [0.25, 0.3) is 0 Å². The molecule has 7 nitrogen and oxygen atoms in total. The van der Waals surface area contributed by atoms with Gasteiger partial charge >= 0.3 is 0 Å². The molecular weight excluding hydrogens is 452 g/mol. The van der Waals surface area contributed by atoms with Crippen LogP contribution >= 0.6 is 27.3 Å². The molecule has 1 amide bonds. The van der Waals surface area contributed by atoms with E-state index in [9.17, 15) is 13.2 Å². The van der Waals surface area contributed by atoms with Gasteiger partial charge < -0.3 is 9.80 Å². The number of sulfonamides is 1. The number of carbonyl (C=O) groups excluding carboxylic acids is 1. The van der Waals surface area contributed by atoms with Crippen LogP contribution in [0.2, 0.25) is 0 Å². The molecule has 1 aliphatic rings. The molecule has 0 bridgehead atoms. The van der Waals surface area contributed by atoms with E-state index in [1.165, 1.54) is 12.1 Å². The number of carbonyl (C=O) groups is 1. The van der Waals surface area contributed by atoms with Crippen LogP contribution in [-0.4, -0.2) is 56.9 Å². The predicted octanol–water partition coefficient (Wildman–Crippen LogP) is 2.31. The van der Waals surface area contributed by atoms with Crippen LogP contribution in [0.5, 0.6) is 0 Å². The van der Waals surface area contributed by atoms with Crippen LogP contribution in [0.25, 0.3) is 0 Å². The van der Waals surface area contributed by atoms with Crippen molar-refractivity contribution >= 4 is 48.3 Å². The molecule has 1 saturated heterocycles. The van der Waals surface area contributed by atoms with Gasteiger partial charge in [-0.2, -0.15) is 0 Å². The summed E-state index contributed by atoms with van der Waals surface area (Å²) in [5.41, 5.74) is 0. The number of thiazole rings is 1. The third-order valence-electron chi connectivity index (χ3n) is 4.29. The lowest BCUT2D eigenvalue weighted by Crippen LogP contribution is -2.37. The van der Waals surface area contributed by atoms with Crippen molar-refractivity contribution in [3.05, 3.63) is 40.3 Å². The van der Waals surface area contributed by atoms with Crippen molar-refractivity contribution in [1.82, 2.24) is 14.6 Å². The Kier molecular flexibility index (Phi) is 6.85. The minimum atomic E-state index is -3.61. The van der Waals surface area contributed by atoms with Gasteiger partial charge in [0.1, 0.15) is 0 Å². The zero-order chi connectivity index (χ0) is 19.3. The highest BCUT2D eigenvalue weighted by Crippen LogP contribution is 2.19. The summed E-state index contributed by atoms with van der Waals surface area (Å²) in [5.74, 6) is -0.0329. The number of rotatable bonds is 6. The summed E-state index contributed by atoms with van der Waals surface area (Å²) < 4.78 is 27.8. The maximum Gasteiger partial charge on any atom is 0.240 e. The lowest BCUT2D eigenvalue weighted by Gasteiger charge is -2.21. The molecule has 1 aliphatic heterocycles. The maximum atomic E-state index is 12.5. The van der Waals surface area contributed by atoms with Gasteiger partial charge in [-0.25, -0.2) is 18.1 Å². The van der Waals surface area contributed by atoms with Gasteiger partial charge in [0.05, 0.1) is 4.90 Å². The Labute approximate surface area is 171 Å². The monoisotopic (exact) mass is 472 g/mol. The Bertz CT molecular complexity index is 857. The summed E-state index contributed by atoms with van der Waals surface area (Å²) in [6.07, 6.45) is 2.80. The van der Waals surface area contributed by atoms with Crippen molar-refractivity contribution in [1.29, 1.82) is 0 Å². The highest BCUT2D eigenvalue weighted by atomic mass is 79.9. The molecule has 0 radical (unpaired) electrons. The lowest BCUT2D eigenvalue weighted by molar-refractivity contribution is -0.130. The molecule has 27 heavy (non-hydrogen) atoms. The zero-order valence-corrected chi connectivity index (χ0v) is 17.9. The minimum absolute atomic E-state index is 0.0329. The number of halogens is 1. The maximum absolute atomic E-state index is 12.5. The Morgan fingerprint density at radius 3 is 2.67 bits per heavy atom. The Morgan fingerprint density at radius 1 is 1.19 bits per heavy atom. The molecule has 0 spiro atoms. The second kappa shape index (κ2) is 9.13. The van der Waals surface area contributed by atoms with Crippen LogP contribution in [0.15, 0.2) is 45.2 Å².